The zero-order valence-electron chi connectivity index (χ0n) is 12.1. The van der Waals surface area contributed by atoms with Crippen molar-refractivity contribution in [3.05, 3.63) is 29.8 Å². The van der Waals surface area contributed by atoms with Crippen LogP contribution in [-0.4, -0.2) is 19.1 Å². The van der Waals surface area contributed by atoms with Gasteiger partial charge < -0.3 is 10.2 Å². The Morgan fingerprint density at radius 3 is 2.42 bits per heavy atom. The highest BCUT2D eigenvalue weighted by Gasteiger charge is 2.22. The Kier molecular flexibility index (Phi) is 4.07. The predicted octanol–water partition coefficient (Wildman–Crippen LogP) is 3.57. The summed E-state index contributed by atoms with van der Waals surface area (Å²) in [5, 5.41) is 3.72. The van der Waals surface area contributed by atoms with Crippen molar-refractivity contribution in [3.8, 4) is 0 Å². The summed E-state index contributed by atoms with van der Waals surface area (Å²) in [7, 11) is 0. The summed E-state index contributed by atoms with van der Waals surface area (Å²) in [4.78, 5) is 2.50. The van der Waals surface area contributed by atoms with Crippen molar-refractivity contribution >= 4 is 5.69 Å². The third-order valence-corrected chi connectivity index (χ3v) is 4.84. The van der Waals surface area contributed by atoms with Crippen LogP contribution in [0.25, 0.3) is 0 Å². The van der Waals surface area contributed by atoms with Gasteiger partial charge in [-0.2, -0.15) is 0 Å². The standard InChI is InChI=1S/C17H26N2/c1-14-5-4-6-17(14)18-13-15-7-9-16(10-8-15)19-11-2-3-12-19/h7-10,14,17-18H,2-6,11-13H2,1H3. The highest BCUT2D eigenvalue weighted by molar-refractivity contribution is 5.48. The minimum Gasteiger partial charge on any atom is -0.372 e. The van der Waals surface area contributed by atoms with Crippen molar-refractivity contribution in [2.45, 2.75) is 51.6 Å². The Balaban J connectivity index is 1.53. The van der Waals surface area contributed by atoms with E-state index in [0.717, 1.165) is 18.5 Å². The van der Waals surface area contributed by atoms with E-state index in [-0.39, 0.29) is 0 Å². The summed E-state index contributed by atoms with van der Waals surface area (Å²) in [6.45, 7) is 5.87. The zero-order valence-corrected chi connectivity index (χ0v) is 12.1. The quantitative estimate of drug-likeness (QED) is 0.888. The lowest BCUT2D eigenvalue weighted by Gasteiger charge is -2.19. The van der Waals surface area contributed by atoms with Crippen molar-refractivity contribution in [2.24, 2.45) is 5.92 Å². The topological polar surface area (TPSA) is 15.3 Å². The second-order valence-electron chi connectivity index (χ2n) is 6.26. The molecular weight excluding hydrogens is 232 g/mol. The molecule has 1 aliphatic heterocycles. The first-order valence-corrected chi connectivity index (χ1v) is 7.90. The van der Waals surface area contributed by atoms with Crippen LogP contribution in [0.4, 0.5) is 5.69 Å². The molecule has 2 fully saturated rings. The van der Waals surface area contributed by atoms with Crippen LogP contribution in [0.1, 0.15) is 44.6 Å². The molecule has 0 radical (unpaired) electrons. The molecule has 1 N–H and O–H groups in total. The van der Waals surface area contributed by atoms with E-state index in [1.165, 1.54) is 56.4 Å². The van der Waals surface area contributed by atoms with Crippen LogP contribution in [0.5, 0.6) is 0 Å². The first-order valence-electron chi connectivity index (χ1n) is 7.90. The molecule has 1 heterocycles. The minimum absolute atomic E-state index is 0.734. The van der Waals surface area contributed by atoms with E-state index in [9.17, 15) is 0 Å². The number of anilines is 1. The molecule has 2 atom stereocenters. The first-order chi connectivity index (χ1) is 9.33. The van der Waals surface area contributed by atoms with Crippen LogP contribution in [-0.2, 0) is 6.54 Å². The predicted molar refractivity (Wildman–Crippen MR) is 81.5 cm³/mol. The van der Waals surface area contributed by atoms with Crippen molar-refractivity contribution in [3.63, 3.8) is 0 Å². The maximum Gasteiger partial charge on any atom is 0.0366 e. The Morgan fingerprint density at radius 2 is 1.79 bits per heavy atom. The fourth-order valence-corrected chi connectivity index (χ4v) is 3.50. The molecule has 1 aliphatic carbocycles. The van der Waals surface area contributed by atoms with Crippen molar-refractivity contribution < 1.29 is 0 Å². The molecule has 104 valence electrons. The van der Waals surface area contributed by atoms with Gasteiger partial charge in [0.15, 0.2) is 0 Å². The lowest BCUT2D eigenvalue weighted by atomic mass is 10.1. The monoisotopic (exact) mass is 258 g/mol. The van der Waals surface area contributed by atoms with Gasteiger partial charge in [0.25, 0.3) is 0 Å². The highest BCUT2D eigenvalue weighted by atomic mass is 15.1. The van der Waals surface area contributed by atoms with E-state index in [1.807, 2.05) is 0 Å². The Bertz CT molecular complexity index is 392. The average Bonchev–Trinajstić information content (AvgIpc) is 3.09. The number of hydrogen-bond acceptors (Lipinski definition) is 2. The van der Waals surface area contributed by atoms with E-state index in [4.69, 9.17) is 0 Å². The third-order valence-electron chi connectivity index (χ3n) is 4.84. The average molecular weight is 258 g/mol. The maximum absolute atomic E-state index is 3.72. The number of rotatable bonds is 4. The first kappa shape index (κ1) is 13.0. The zero-order chi connectivity index (χ0) is 13.1. The third kappa shape index (κ3) is 3.11. The van der Waals surface area contributed by atoms with Gasteiger partial charge in [-0.05, 0) is 49.3 Å². The molecule has 1 aromatic rings. The van der Waals surface area contributed by atoms with Crippen LogP contribution < -0.4 is 10.2 Å². The van der Waals surface area contributed by atoms with Crippen LogP contribution in [0.3, 0.4) is 0 Å². The van der Waals surface area contributed by atoms with Gasteiger partial charge in [-0.1, -0.05) is 25.5 Å². The van der Waals surface area contributed by atoms with E-state index in [0.29, 0.717) is 0 Å². The maximum atomic E-state index is 3.72. The normalized spacial score (nSPS) is 27.1. The lowest BCUT2D eigenvalue weighted by Crippen LogP contribution is -2.30. The van der Waals surface area contributed by atoms with Gasteiger partial charge in [0, 0.05) is 31.4 Å². The summed E-state index contributed by atoms with van der Waals surface area (Å²) < 4.78 is 0. The number of nitrogens with one attached hydrogen (secondary N) is 1. The second kappa shape index (κ2) is 5.96. The summed E-state index contributed by atoms with van der Waals surface area (Å²) in [6, 6.07) is 9.90. The Hall–Kier alpha value is -1.02. The molecular formula is C17H26N2. The number of hydrogen-bond donors (Lipinski definition) is 1. The van der Waals surface area contributed by atoms with Crippen LogP contribution in [0.15, 0.2) is 24.3 Å². The summed E-state index contributed by atoms with van der Waals surface area (Å²) in [5.41, 5.74) is 2.82. The van der Waals surface area contributed by atoms with Crippen LogP contribution in [0, 0.1) is 5.92 Å². The molecule has 1 saturated carbocycles. The van der Waals surface area contributed by atoms with Gasteiger partial charge in [-0.15, -0.1) is 0 Å². The molecule has 2 heteroatoms. The summed E-state index contributed by atoms with van der Waals surface area (Å²) in [5.74, 6) is 0.851. The molecule has 1 aromatic carbocycles. The Labute approximate surface area is 117 Å². The molecule has 1 saturated heterocycles. The van der Waals surface area contributed by atoms with Gasteiger partial charge in [0.2, 0.25) is 0 Å². The Morgan fingerprint density at radius 1 is 1.05 bits per heavy atom. The fourth-order valence-electron chi connectivity index (χ4n) is 3.50. The summed E-state index contributed by atoms with van der Waals surface area (Å²) >= 11 is 0. The van der Waals surface area contributed by atoms with Crippen LogP contribution >= 0.6 is 0 Å². The fraction of sp³-hybridized carbons (Fsp3) is 0.647. The molecule has 2 aliphatic rings. The molecule has 0 bridgehead atoms. The highest BCUT2D eigenvalue weighted by Crippen LogP contribution is 2.25. The number of benzene rings is 1. The second-order valence-corrected chi connectivity index (χ2v) is 6.26. The van der Waals surface area contributed by atoms with E-state index >= 15 is 0 Å². The van der Waals surface area contributed by atoms with Gasteiger partial charge >= 0.3 is 0 Å². The molecule has 19 heavy (non-hydrogen) atoms. The molecule has 2 unspecified atom stereocenters. The SMILES string of the molecule is CC1CCCC1NCc1ccc(N2CCCC2)cc1. The van der Waals surface area contributed by atoms with Gasteiger partial charge in [-0.3, -0.25) is 0 Å². The van der Waals surface area contributed by atoms with Crippen molar-refractivity contribution in [2.75, 3.05) is 18.0 Å². The lowest BCUT2D eigenvalue weighted by molar-refractivity contribution is 0.426. The summed E-state index contributed by atoms with van der Waals surface area (Å²) in [6.07, 6.45) is 6.84. The largest absolute Gasteiger partial charge is 0.372 e. The minimum atomic E-state index is 0.734. The molecule has 3 rings (SSSR count). The van der Waals surface area contributed by atoms with E-state index < -0.39 is 0 Å². The van der Waals surface area contributed by atoms with Gasteiger partial charge in [0.05, 0.1) is 0 Å². The smallest absolute Gasteiger partial charge is 0.0366 e. The number of nitrogens with zero attached hydrogens (tertiary/aromatic N) is 1. The molecule has 0 spiro atoms. The van der Waals surface area contributed by atoms with Crippen molar-refractivity contribution in [1.82, 2.24) is 5.32 Å². The van der Waals surface area contributed by atoms with Crippen molar-refractivity contribution in [1.29, 1.82) is 0 Å². The molecule has 0 amide bonds. The van der Waals surface area contributed by atoms with Crippen LogP contribution in [0.2, 0.25) is 0 Å². The van der Waals surface area contributed by atoms with Gasteiger partial charge in [0.1, 0.15) is 0 Å². The molecule has 0 aromatic heterocycles. The van der Waals surface area contributed by atoms with Gasteiger partial charge in [-0.25, -0.2) is 0 Å². The van der Waals surface area contributed by atoms with E-state index in [2.05, 4.69) is 41.4 Å². The van der Waals surface area contributed by atoms with E-state index in [1.54, 1.807) is 0 Å². The molecule has 2 nitrogen and oxygen atoms in total.